The molecule has 248 valence electrons. The molecular formula is C37H31F6N3O2. The predicted molar refractivity (Wildman–Crippen MR) is 170 cm³/mol. The number of allylic oxidation sites excluding steroid dienone is 1. The molecule has 0 fully saturated rings. The molecule has 4 aromatic carbocycles. The predicted octanol–water partition coefficient (Wildman–Crippen LogP) is 9.76. The number of nitrogens with zero attached hydrogens (tertiary/aromatic N) is 3. The molecular weight excluding hydrogens is 632 g/mol. The Kier molecular flexibility index (Phi) is 9.32. The number of hydrogen-bond donors (Lipinski definition) is 0. The van der Waals surface area contributed by atoms with Crippen molar-refractivity contribution in [3.05, 3.63) is 138 Å². The summed E-state index contributed by atoms with van der Waals surface area (Å²) in [5.41, 5.74) is 0.865. The van der Waals surface area contributed by atoms with Gasteiger partial charge >= 0.3 is 12.4 Å². The second kappa shape index (κ2) is 13.6. The number of imidazole rings is 1. The molecule has 0 spiro atoms. The molecule has 0 unspecified atom stereocenters. The summed E-state index contributed by atoms with van der Waals surface area (Å²) in [5, 5.41) is 0. The maximum absolute atomic E-state index is 14.3. The lowest BCUT2D eigenvalue weighted by atomic mass is 10.0. The summed E-state index contributed by atoms with van der Waals surface area (Å²) in [4.78, 5) is 6.76. The number of hydrogen-bond acceptors (Lipinski definition) is 4. The van der Waals surface area contributed by atoms with Crippen LogP contribution in [0.25, 0.3) is 22.6 Å². The van der Waals surface area contributed by atoms with Gasteiger partial charge in [0.2, 0.25) is 6.79 Å². The highest BCUT2D eigenvalue weighted by Gasteiger charge is 2.37. The van der Waals surface area contributed by atoms with Crippen molar-refractivity contribution in [2.75, 3.05) is 6.79 Å². The molecule has 0 N–H and O–H groups in total. The Balaban J connectivity index is 1.50. The number of aromatic nitrogens is 2. The van der Waals surface area contributed by atoms with Crippen LogP contribution in [-0.2, 0) is 38.5 Å². The van der Waals surface area contributed by atoms with E-state index in [9.17, 15) is 26.3 Å². The van der Waals surface area contributed by atoms with Gasteiger partial charge in [-0.15, -0.1) is 6.58 Å². The third kappa shape index (κ3) is 7.26. The summed E-state index contributed by atoms with van der Waals surface area (Å²) in [5.74, 6) is 1.67. The first kappa shape index (κ1) is 32.9. The molecule has 6 rings (SSSR count). The standard InChI is InChI=1S/C37H31F6N3O2/c1-2-3-18-46-31(34(26-10-6-4-7-11-26)44-35(46)27-12-8-5-9-13-27)23-45(21-25-14-17-32-33(19-25)48-24-47-32)22-28-20-29(36(38,39)40)15-16-30(28)37(41,42)43/h2,4-17,19-20H,1,3,18,21-24H2. The van der Waals surface area contributed by atoms with E-state index in [4.69, 9.17) is 14.5 Å². The topological polar surface area (TPSA) is 39.5 Å². The maximum atomic E-state index is 14.3. The van der Waals surface area contributed by atoms with E-state index in [0.29, 0.717) is 65.4 Å². The minimum Gasteiger partial charge on any atom is -0.454 e. The smallest absolute Gasteiger partial charge is 0.416 e. The Morgan fingerprint density at radius 1 is 0.750 bits per heavy atom. The largest absolute Gasteiger partial charge is 0.454 e. The Morgan fingerprint density at radius 3 is 2.10 bits per heavy atom. The van der Waals surface area contributed by atoms with Crippen molar-refractivity contribution in [1.29, 1.82) is 0 Å². The number of ether oxygens (including phenoxy) is 2. The second-order valence-electron chi connectivity index (χ2n) is 11.4. The maximum Gasteiger partial charge on any atom is 0.416 e. The molecule has 0 aliphatic carbocycles. The van der Waals surface area contributed by atoms with Gasteiger partial charge < -0.3 is 14.0 Å². The van der Waals surface area contributed by atoms with Crippen molar-refractivity contribution in [2.24, 2.45) is 0 Å². The fourth-order valence-corrected chi connectivity index (χ4v) is 5.84. The van der Waals surface area contributed by atoms with Crippen LogP contribution in [0.3, 0.4) is 0 Å². The zero-order valence-corrected chi connectivity index (χ0v) is 25.7. The fourth-order valence-electron chi connectivity index (χ4n) is 5.84. The monoisotopic (exact) mass is 663 g/mol. The van der Waals surface area contributed by atoms with E-state index in [1.54, 1.807) is 29.2 Å². The zero-order chi connectivity index (χ0) is 33.9. The van der Waals surface area contributed by atoms with Crippen molar-refractivity contribution in [3.8, 4) is 34.1 Å². The molecule has 0 saturated heterocycles. The van der Waals surface area contributed by atoms with Crippen molar-refractivity contribution >= 4 is 0 Å². The molecule has 0 saturated carbocycles. The average Bonchev–Trinajstić information content (AvgIpc) is 3.68. The molecule has 1 aromatic heterocycles. The third-order valence-electron chi connectivity index (χ3n) is 8.06. The van der Waals surface area contributed by atoms with E-state index in [1.165, 1.54) is 0 Å². The summed E-state index contributed by atoms with van der Waals surface area (Å²) in [6, 6.07) is 25.7. The lowest BCUT2D eigenvalue weighted by Gasteiger charge is -2.26. The summed E-state index contributed by atoms with van der Waals surface area (Å²) in [6.07, 6.45) is -7.35. The molecule has 1 aliphatic rings. The van der Waals surface area contributed by atoms with E-state index >= 15 is 0 Å². The van der Waals surface area contributed by atoms with E-state index in [2.05, 4.69) is 6.58 Å². The van der Waals surface area contributed by atoms with Gasteiger partial charge in [0.1, 0.15) is 5.82 Å². The van der Waals surface area contributed by atoms with Crippen LogP contribution >= 0.6 is 0 Å². The minimum absolute atomic E-state index is 0.0346. The normalized spacial score (nSPS) is 12.9. The third-order valence-corrected chi connectivity index (χ3v) is 8.06. The molecule has 0 atom stereocenters. The minimum atomic E-state index is -4.87. The van der Waals surface area contributed by atoms with Gasteiger partial charge in [-0.3, -0.25) is 4.90 Å². The van der Waals surface area contributed by atoms with Crippen LogP contribution < -0.4 is 9.47 Å². The van der Waals surface area contributed by atoms with Gasteiger partial charge in [0.05, 0.1) is 22.5 Å². The number of rotatable bonds is 11. The molecule has 0 amide bonds. The van der Waals surface area contributed by atoms with Crippen molar-refractivity contribution in [2.45, 2.75) is 45.0 Å². The zero-order valence-electron chi connectivity index (χ0n) is 25.7. The lowest BCUT2D eigenvalue weighted by molar-refractivity contribution is -0.142. The molecule has 0 radical (unpaired) electrons. The van der Waals surface area contributed by atoms with Crippen LogP contribution in [0.1, 0.15) is 34.4 Å². The summed E-state index contributed by atoms with van der Waals surface area (Å²) < 4.78 is 97.1. The van der Waals surface area contributed by atoms with Crippen molar-refractivity contribution in [3.63, 3.8) is 0 Å². The van der Waals surface area contributed by atoms with Gasteiger partial charge in [-0.05, 0) is 47.9 Å². The van der Waals surface area contributed by atoms with Crippen LogP contribution in [0.15, 0.2) is 110 Å². The Hall–Kier alpha value is -5.03. The second-order valence-corrected chi connectivity index (χ2v) is 11.4. The molecule has 5 nitrogen and oxygen atoms in total. The van der Waals surface area contributed by atoms with Gasteiger partial charge in [0, 0.05) is 37.3 Å². The highest BCUT2D eigenvalue weighted by atomic mass is 19.4. The molecule has 11 heteroatoms. The summed E-state index contributed by atoms with van der Waals surface area (Å²) in [6.45, 7) is 4.09. The van der Waals surface area contributed by atoms with Gasteiger partial charge in [0.25, 0.3) is 0 Å². The number of benzene rings is 4. The summed E-state index contributed by atoms with van der Waals surface area (Å²) >= 11 is 0. The van der Waals surface area contributed by atoms with E-state index < -0.39 is 35.6 Å². The molecule has 1 aliphatic heterocycles. The van der Waals surface area contributed by atoms with Crippen LogP contribution in [0.5, 0.6) is 11.5 Å². The Bertz CT molecular complexity index is 1890. The van der Waals surface area contributed by atoms with E-state index in [1.807, 2.05) is 65.2 Å². The average molecular weight is 664 g/mol. The van der Waals surface area contributed by atoms with Gasteiger partial charge in [-0.2, -0.15) is 26.3 Å². The SMILES string of the molecule is C=CCCn1c(-c2ccccc2)nc(-c2ccccc2)c1CN(Cc1ccc2c(c1)OCO2)Cc1cc(C(F)(F)F)ccc1C(F)(F)F. The van der Waals surface area contributed by atoms with E-state index in [-0.39, 0.29) is 19.9 Å². The molecule has 5 aromatic rings. The fraction of sp³-hybridized carbons (Fsp3) is 0.216. The van der Waals surface area contributed by atoms with Gasteiger partial charge in [-0.1, -0.05) is 72.8 Å². The van der Waals surface area contributed by atoms with Gasteiger partial charge in [-0.25, -0.2) is 4.98 Å². The molecule has 48 heavy (non-hydrogen) atoms. The van der Waals surface area contributed by atoms with Crippen LogP contribution in [-0.4, -0.2) is 21.2 Å². The first-order valence-corrected chi connectivity index (χ1v) is 15.2. The summed E-state index contributed by atoms with van der Waals surface area (Å²) in [7, 11) is 0. The first-order valence-electron chi connectivity index (χ1n) is 15.2. The highest BCUT2D eigenvalue weighted by molar-refractivity contribution is 5.68. The van der Waals surface area contributed by atoms with Crippen LogP contribution in [0, 0.1) is 0 Å². The number of fused-ring (bicyclic) bond motifs is 1. The Labute approximate surface area is 273 Å². The van der Waals surface area contributed by atoms with Gasteiger partial charge in [0.15, 0.2) is 11.5 Å². The van der Waals surface area contributed by atoms with E-state index in [0.717, 1.165) is 11.1 Å². The first-order chi connectivity index (χ1) is 23.0. The Morgan fingerprint density at radius 2 is 1.44 bits per heavy atom. The molecule has 2 heterocycles. The molecule has 0 bridgehead atoms. The van der Waals surface area contributed by atoms with Crippen LogP contribution in [0.4, 0.5) is 26.3 Å². The lowest BCUT2D eigenvalue weighted by Crippen LogP contribution is -2.26. The van der Waals surface area contributed by atoms with Crippen molar-refractivity contribution in [1.82, 2.24) is 14.5 Å². The van der Waals surface area contributed by atoms with Crippen molar-refractivity contribution < 1.29 is 35.8 Å². The number of alkyl halides is 6. The highest BCUT2D eigenvalue weighted by Crippen LogP contribution is 2.39. The quantitative estimate of drug-likeness (QED) is 0.104. The number of halogens is 6. The van der Waals surface area contributed by atoms with Crippen LogP contribution in [0.2, 0.25) is 0 Å².